The van der Waals surface area contributed by atoms with Gasteiger partial charge in [-0.25, -0.2) is 0 Å². The predicted octanol–water partition coefficient (Wildman–Crippen LogP) is 6.52. The van der Waals surface area contributed by atoms with Crippen molar-refractivity contribution >= 4 is 75.4 Å². The maximum absolute atomic E-state index is 12.3. The van der Waals surface area contributed by atoms with E-state index in [2.05, 4.69) is 0 Å². The minimum atomic E-state index is -1.50. The highest BCUT2D eigenvalue weighted by molar-refractivity contribution is 6.49. The number of benzene rings is 2. The lowest BCUT2D eigenvalue weighted by Gasteiger charge is -2.13. The van der Waals surface area contributed by atoms with Gasteiger partial charge in [-0.1, -0.05) is 69.6 Å². The molecule has 22 heavy (non-hydrogen) atoms. The van der Waals surface area contributed by atoms with Crippen molar-refractivity contribution in [2.24, 2.45) is 0 Å². The molecule has 0 amide bonds. The standard InChI is InChI=1S/C14H6Cl6O2/c15-7-1-5(2-8(16)11(7)19)13(21)14(22)6-3-9(17)12(20)10(18)4-6/h1-4,13,21H. The highest BCUT2D eigenvalue weighted by Gasteiger charge is 2.23. The molecular formula is C14H6Cl6O2. The van der Waals surface area contributed by atoms with Crippen LogP contribution in [0.3, 0.4) is 0 Å². The summed E-state index contributed by atoms with van der Waals surface area (Å²) in [5, 5.41) is 11.0. The molecule has 1 N–H and O–H groups in total. The fourth-order valence-corrected chi connectivity index (χ4v) is 2.95. The van der Waals surface area contributed by atoms with E-state index in [1.165, 1.54) is 24.3 Å². The molecule has 2 nitrogen and oxygen atoms in total. The van der Waals surface area contributed by atoms with Gasteiger partial charge in [0, 0.05) is 5.56 Å². The number of Topliss-reactive ketones (excluding diaryl/α,β-unsaturated/α-hetero) is 1. The van der Waals surface area contributed by atoms with Crippen LogP contribution in [0.15, 0.2) is 24.3 Å². The van der Waals surface area contributed by atoms with Crippen molar-refractivity contribution in [3.8, 4) is 0 Å². The Kier molecular flexibility index (Phi) is 5.89. The van der Waals surface area contributed by atoms with E-state index in [-0.39, 0.29) is 41.3 Å². The molecule has 8 heteroatoms. The summed E-state index contributed by atoms with van der Waals surface area (Å²) in [6, 6.07) is 5.36. The van der Waals surface area contributed by atoms with Gasteiger partial charge in [0.1, 0.15) is 6.10 Å². The zero-order chi connectivity index (χ0) is 16.6. The Balaban J connectivity index is 2.41. The zero-order valence-corrected chi connectivity index (χ0v) is 15.0. The van der Waals surface area contributed by atoms with Crippen molar-refractivity contribution in [1.82, 2.24) is 0 Å². The maximum Gasteiger partial charge on any atom is 0.195 e. The highest BCUT2D eigenvalue weighted by atomic mass is 35.5. The molecule has 0 spiro atoms. The fraction of sp³-hybridized carbons (Fsp3) is 0.0714. The molecule has 116 valence electrons. The van der Waals surface area contributed by atoms with Gasteiger partial charge in [0.25, 0.3) is 0 Å². The molecule has 1 atom stereocenters. The molecule has 0 aliphatic carbocycles. The number of aliphatic hydroxyl groups excluding tert-OH is 1. The van der Waals surface area contributed by atoms with E-state index in [0.717, 1.165) is 0 Å². The normalized spacial score (nSPS) is 12.3. The summed E-state index contributed by atoms with van der Waals surface area (Å²) in [5.41, 5.74) is 0.306. The minimum absolute atomic E-state index is 0.106. The summed E-state index contributed by atoms with van der Waals surface area (Å²) in [4.78, 5) is 12.3. The van der Waals surface area contributed by atoms with Gasteiger partial charge in [-0.05, 0) is 29.8 Å². The van der Waals surface area contributed by atoms with E-state index in [4.69, 9.17) is 69.6 Å². The number of hydrogen-bond acceptors (Lipinski definition) is 2. The lowest BCUT2D eigenvalue weighted by atomic mass is 10.00. The Bertz CT molecular complexity index is 713. The quantitative estimate of drug-likeness (QED) is 0.455. The van der Waals surface area contributed by atoms with Crippen molar-refractivity contribution < 1.29 is 9.90 Å². The summed E-state index contributed by atoms with van der Waals surface area (Å²) in [6.07, 6.45) is -1.50. The Labute approximate surface area is 156 Å². The van der Waals surface area contributed by atoms with Crippen LogP contribution in [0.25, 0.3) is 0 Å². The summed E-state index contributed by atoms with van der Waals surface area (Å²) in [6.45, 7) is 0. The van der Waals surface area contributed by atoms with E-state index >= 15 is 0 Å². The summed E-state index contributed by atoms with van der Waals surface area (Å²) in [7, 11) is 0. The van der Waals surface area contributed by atoms with Crippen LogP contribution in [-0.2, 0) is 0 Å². The largest absolute Gasteiger partial charge is 0.380 e. The topological polar surface area (TPSA) is 37.3 Å². The van der Waals surface area contributed by atoms with Crippen molar-refractivity contribution in [3.05, 3.63) is 65.5 Å². The Morgan fingerprint density at radius 3 is 1.55 bits per heavy atom. The first-order valence-electron chi connectivity index (χ1n) is 5.73. The number of carbonyl (C=O) groups excluding carboxylic acids is 1. The molecule has 2 aromatic carbocycles. The van der Waals surface area contributed by atoms with Crippen molar-refractivity contribution in [3.63, 3.8) is 0 Å². The van der Waals surface area contributed by atoms with E-state index in [0.29, 0.717) is 0 Å². The van der Waals surface area contributed by atoms with Gasteiger partial charge in [-0.3, -0.25) is 4.79 Å². The monoisotopic (exact) mass is 416 g/mol. The smallest absolute Gasteiger partial charge is 0.195 e. The molecule has 0 bridgehead atoms. The molecule has 0 heterocycles. The molecule has 0 fully saturated rings. The molecule has 2 rings (SSSR count). The predicted molar refractivity (Wildman–Crippen MR) is 92.2 cm³/mol. The minimum Gasteiger partial charge on any atom is -0.380 e. The van der Waals surface area contributed by atoms with Gasteiger partial charge in [0.05, 0.1) is 30.1 Å². The van der Waals surface area contributed by atoms with Crippen LogP contribution in [-0.4, -0.2) is 10.9 Å². The molecule has 0 radical (unpaired) electrons. The summed E-state index contributed by atoms with van der Waals surface area (Å²) in [5.74, 6) is -0.630. The van der Waals surface area contributed by atoms with E-state index in [9.17, 15) is 9.90 Å². The molecule has 0 aromatic heterocycles. The molecule has 0 saturated heterocycles. The van der Waals surface area contributed by atoms with Crippen LogP contribution < -0.4 is 0 Å². The third-order valence-electron chi connectivity index (χ3n) is 2.84. The lowest BCUT2D eigenvalue weighted by Crippen LogP contribution is -2.12. The van der Waals surface area contributed by atoms with Crippen LogP contribution in [0.2, 0.25) is 30.1 Å². The average molecular weight is 419 g/mol. The summed E-state index contributed by atoms with van der Waals surface area (Å²) >= 11 is 35.2. The number of halogens is 6. The van der Waals surface area contributed by atoms with Crippen molar-refractivity contribution in [1.29, 1.82) is 0 Å². The first-order valence-corrected chi connectivity index (χ1v) is 8.00. The number of ketones is 1. The Morgan fingerprint density at radius 2 is 1.14 bits per heavy atom. The van der Waals surface area contributed by atoms with Crippen LogP contribution in [0.5, 0.6) is 0 Å². The van der Waals surface area contributed by atoms with Gasteiger partial charge in [-0.2, -0.15) is 0 Å². The van der Waals surface area contributed by atoms with Gasteiger partial charge in [-0.15, -0.1) is 0 Å². The van der Waals surface area contributed by atoms with Crippen LogP contribution in [0.4, 0.5) is 0 Å². The first kappa shape index (κ1) is 18.2. The number of carbonyl (C=O) groups is 1. The van der Waals surface area contributed by atoms with Gasteiger partial charge in [0.15, 0.2) is 5.78 Å². The summed E-state index contributed by atoms with van der Waals surface area (Å²) < 4.78 is 0. The molecule has 0 aliphatic rings. The SMILES string of the molecule is O=C(c1cc(Cl)c(Cl)c(Cl)c1)C(O)c1cc(Cl)c(Cl)c(Cl)c1. The Morgan fingerprint density at radius 1 is 0.773 bits per heavy atom. The second-order valence-corrected chi connectivity index (χ2v) is 6.70. The van der Waals surface area contributed by atoms with Gasteiger partial charge >= 0.3 is 0 Å². The Hall–Kier alpha value is -0.190. The second kappa shape index (κ2) is 7.14. The van der Waals surface area contributed by atoms with Crippen LogP contribution >= 0.6 is 69.6 Å². The second-order valence-electron chi connectivity index (χ2n) is 4.32. The van der Waals surface area contributed by atoms with Crippen LogP contribution in [0.1, 0.15) is 22.0 Å². The molecular weight excluding hydrogens is 413 g/mol. The van der Waals surface area contributed by atoms with E-state index < -0.39 is 11.9 Å². The number of hydrogen-bond donors (Lipinski definition) is 1. The molecule has 0 saturated carbocycles. The van der Waals surface area contributed by atoms with Crippen molar-refractivity contribution in [2.75, 3.05) is 0 Å². The zero-order valence-electron chi connectivity index (χ0n) is 10.5. The number of aliphatic hydroxyl groups is 1. The van der Waals surface area contributed by atoms with Gasteiger partial charge in [0.2, 0.25) is 0 Å². The van der Waals surface area contributed by atoms with Gasteiger partial charge < -0.3 is 5.11 Å². The van der Waals surface area contributed by atoms with E-state index in [1.54, 1.807) is 0 Å². The molecule has 0 aliphatic heterocycles. The maximum atomic E-state index is 12.3. The third kappa shape index (κ3) is 3.65. The van der Waals surface area contributed by atoms with Crippen molar-refractivity contribution in [2.45, 2.75) is 6.10 Å². The van der Waals surface area contributed by atoms with Crippen LogP contribution in [0, 0.1) is 0 Å². The average Bonchev–Trinajstić information content (AvgIpc) is 2.47. The first-order chi connectivity index (χ1) is 10.2. The molecule has 1 unspecified atom stereocenters. The highest BCUT2D eigenvalue weighted by Crippen LogP contribution is 2.35. The number of rotatable bonds is 3. The molecule has 2 aromatic rings. The third-order valence-corrected chi connectivity index (χ3v) is 5.23. The lowest BCUT2D eigenvalue weighted by molar-refractivity contribution is 0.0747. The van der Waals surface area contributed by atoms with E-state index in [1.807, 2.05) is 0 Å². The fourth-order valence-electron chi connectivity index (χ4n) is 1.74.